The van der Waals surface area contributed by atoms with Crippen molar-refractivity contribution in [1.29, 1.82) is 0 Å². The Hall–Kier alpha value is -0.410. The summed E-state index contributed by atoms with van der Waals surface area (Å²) in [5.41, 5.74) is 1.48. The minimum atomic E-state index is -0.184. The topological polar surface area (TPSA) is 12.0 Å². The smallest absolute Gasteiger partial charge is 0.137 e. The summed E-state index contributed by atoms with van der Waals surface area (Å²) in [6.45, 7) is 7.86. The Morgan fingerprint density at radius 1 is 1.44 bits per heavy atom. The van der Waals surface area contributed by atoms with E-state index in [0.29, 0.717) is 16.4 Å². The molecule has 0 heterocycles. The van der Waals surface area contributed by atoms with Gasteiger partial charge in [0.2, 0.25) is 0 Å². The molecular weight excluding hydrogens is 293 g/mol. The van der Waals surface area contributed by atoms with Crippen molar-refractivity contribution in [2.24, 2.45) is 5.41 Å². The first kappa shape index (κ1) is 14.0. The summed E-state index contributed by atoms with van der Waals surface area (Å²) in [6, 6.07) is 5.98. The number of halogens is 2. The van der Waals surface area contributed by atoms with E-state index in [1.165, 1.54) is 12.0 Å². The second-order valence-electron chi connectivity index (χ2n) is 5.79. The molecule has 2 unspecified atom stereocenters. The molecule has 2 atom stereocenters. The zero-order valence-electron chi connectivity index (χ0n) is 11.3. The van der Waals surface area contributed by atoms with Crippen LogP contribution >= 0.6 is 15.9 Å². The van der Waals surface area contributed by atoms with Crippen molar-refractivity contribution in [2.75, 3.05) is 6.54 Å². The van der Waals surface area contributed by atoms with Crippen molar-refractivity contribution >= 4 is 15.9 Å². The van der Waals surface area contributed by atoms with E-state index in [-0.39, 0.29) is 11.2 Å². The van der Waals surface area contributed by atoms with Gasteiger partial charge < -0.3 is 5.32 Å². The molecule has 3 heteroatoms. The highest BCUT2D eigenvalue weighted by atomic mass is 79.9. The number of hydrogen-bond donors (Lipinski definition) is 1. The molecule has 0 radical (unpaired) electrons. The molecule has 0 bridgehead atoms. The van der Waals surface area contributed by atoms with Gasteiger partial charge in [0.1, 0.15) is 5.82 Å². The number of benzene rings is 1. The summed E-state index contributed by atoms with van der Waals surface area (Å²) in [7, 11) is 0. The van der Waals surface area contributed by atoms with Crippen molar-refractivity contribution in [3.8, 4) is 0 Å². The Balaban J connectivity index is 2.09. The van der Waals surface area contributed by atoms with Crippen LogP contribution in [0, 0.1) is 11.2 Å². The molecule has 18 heavy (non-hydrogen) atoms. The standard InChI is InChI=1S/C15H21BrFN/c1-4-7-18-14-9-11(15(14,2)3)10-5-6-13(17)12(16)8-10/h5-6,8,11,14,18H,4,7,9H2,1-3H3. The van der Waals surface area contributed by atoms with E-state index in [0.717, 1.165) is 13.0 Å². The maximum Gasteiger partial charge on any atom is 0.137 e. The maximum absolute atomic E-state index is 13.3. The number of nitrogens with one attached hydrogen (secondary N) is 1. The molecule has 0 saturated heterocycles. The second kappa shape index (κ2) is 5.30. The van der Waals surface area contributed by atoms with Crippen LogP contribution in [0.1, 0.15) is 45.1 Å². The van der Waals surface area contributed by atoms with E-state index in [1.807, 2.05) is 12.1 Å². The quantitative estimate of drug-likeness (QED) is 0.864. The lowest BCUT2D eigenvalue weighted by molar-refractivity contribution is 0.0694. The molecule has 1 fully saturated rings. The highest BCUT2D eigenvalue weighted by Gasteiger charge is 2.48. The normalized spacial score (nSPS) is 25.8. The summed E-state index contributed by atoms with van der Waals surface area (Å²) >= 11 is 3.27. The highest BCUT2D eigenvalue weighted by molar-refractivity contribution is 9.10. The summed E-state index contributed by atoms with van der Waals surface area (Å²) in [5.74, 6) is 0.334. The predicted molar refractivity (Wildman–Crippen MR) is 77.3 cm³/mol. The lowest BCUT2D eigenvalue weighted by Gasteiger charge is -2.53. The van der Waals surface area contributed by atoms with E-state index < -0.39 is 0 Å². The van der Waals surface area contributed by atoms with Crippen molar-refractivity contribution in [3.05, 3.63) is 34.1 Å². The lowest BCUT2D eigenvalue weighted by Crippen LogP contribution is -2.55. The van der Waals surface area contributed by atoms with Crippen LogP contribution in [0.4, 0.5) is 4.39 Å². The fourth-order valence-electron chi connectivity index (χ4n) is 2.89. The van der Waals surface area contributed by atoms with Gasteiger partial charge in [-0.1, -0.05) is 26.8 Å². The first-order valence-electron chi connectivity index (χ1n) is 6.65. The molecule has 1 aliphatic rings. The zero-order valence-corrected chi connectivity index (χ0v) is 12.8. The first-order valence-corrected chi connectivity index (χ1v) is 7.44. The van der Waals surface area contributed by atoms with E-state index in [1.54, 1.807) is 6.07 Å². The van der Waals surface area contributed by atoms with Gasteiger partial charge in [-0.15, -0.1) is 0 Å². The van der Waals surface area contributed by atoms with Gasteiger partial charge in [-0.2, -0.15) is 0 Å². The van der Waals surface area contributed by atoms with Crippen molar-refractivity contribution in [1.82, 2.24) is 5.32 Å². The van der Waals surface area contributed by atoms with Crippen LogP contribution in [-0.4, -0.2) is 12.6 Å². The Bertz CT molecular complexity index is 431. The van der Waals surface area contributed by atoms with Crippen molar-refractivity contribution in [2.45, 2.75) is 45.6 Å². The Kier molecular flexibility index (Phi) is 4.12. The van der Waals surface area contributed by atoms with Crippen LogP contribution in [-0.2, 0) is 0 Å². The molecule has 2 rings (SSSR count). The van der Waals surface area contributed by atoms with Gasteiger partial charge in [-0.3, -0.25) is 0 Å². The second-order valence-corrected chi connectivity index (χ2v) is 6.64. The summed E-state index contributed by atoms with van der Waals surface area (Å²) < 4.78 is 13.8. The van der Waals surface area contributed by atoms with Gasteiger partial charge in [0.25, 0.3) is 0 Å². The monoisotopic (exact) mass is 313 g/mol. The third kappa shape index (κ3) is 2.48. The SMILES string of the molecule is CCCNC1CC(c2ccc(F)c(Br)c2)C1(C)C. The molecular formula is C15H21BrFN. The summed E-state index contributed by atoms with van der Waals surface area (Å²) in [5, 5.41) is 3.60. The van der Waals surface area contributed by atoms with E-state index in [9.17, 15) is 4.39 Å². The highest BCUT2D eigenvalue weighted by Crippen LogP contribution is 2.52. The Morgan fingerprint density at radius 2 is 2.17 bits per heavy atom. The Morgan fingerprint density at radius 3 is 2.72 bits per heavy atom. The molecule has 0 spiro atoms. The van der Waals surface area contributed by atoms with Crippen LogP contribution in [0.5, 0.6) is 0 Å². The van der Waals surface area contributed by atoms with Crippen molar-refractivity contribution in [3.63, 3.8) is 0 Å². The lowest BCUT2D eigenvalue weighted by atomic mass is 9.56. The molecule has 1 aromatic rings. The van der Waals surface area contributed by atoms with Gasteiger partial charge >= 0.3 is 0 Å². The average Bonchev–Trinajstić information content (AvgIpc) is 2.32. The molecule has 1 nitrogen and oxygen atoms in total. The average molecular weight is 314 g/mol. The van der Waals surface area contributed by atoms with Gasteiger partial charge in [-0.05, 0) is 64.3 Å². The Labute approximate surface area is 117 Å². The van der Waals surface area contributed by atoms with Gasteiger partial charge in [0.15, 0.2) is 0 Å². The fraction of sp³-hybridized carbons (Fsp3) is 0.600. The molecule has 1 N–H and O–H groups in total. The minimum Gasteiger partial charge on any atom is -0.313 e. The predicted octanol–water partition coefficient (Wildman–Crippen LogP) is 4.47. The summed E-state index contributed by atoms with van der Waals surface area (Å²) in [4.78, 5) is 0. The summed E-state index contributed by atoms with van der Waals surface area (Å²) in [6.07, 6.45) is 2.31. The fourth-order valence-corrected chi connectivity index (χ4v) is 3.28. The maximum atomic E-state index is 13.3. The van der Waals surface area contributed by atoms with Crippen LogP contribution in [0.3, 0.4) is 0 Å². The van der Waals surface area contributed by atoms with Crippen LogP contribution < -0.4 is 5.32 Å². The minimum absolute atomic E-state index is 0.184. The number of rotatable bonds is 4. The molecule has 1 aromatic carbocycles. The zero-order chi connectivity index (χ0) is 13.3. The van der Waals surface area contributed by atoms with Crippen molar-refractivity contribution < 1.29 is 4.39 Å². The third-order valence-electron chi connectivity index (χ3n) is 4.25. The molecule has 1 aliphatic carbocycles. The van der Waals surface area contributed by atoms with Crippen LogP contribution in [0.2, 0.25) is 0 Å². The first-order chi connectivity index (χ1) is 8.46. The van der Waals surface area contributed by atoms with Gasteiger partial charge in [0.05, 0.1) is 4.47 Å². The van der Waals surface area contributed by atoms with E-state index in [4.69, 9.17) is 0 Å². The molecule has 1 saturated carbocycles. The number of hydrogen-bond acceptors (Lipinski definition) is 1. The van der Waals surface area contributed by atoms with Gasteiger partial charge in [-0.25, -0.2) is 4.39 Å². The molecule has 0 amide bonds. The third-order valence-corrected chi connectivity index (χ3v) is 4.86. The van der Waals surface area contributed by atoms with E-state index >= 15 is 0 Å². The van der Waals surface area contributed by atoms with Crippen LogP contribution in [0.15, 0.2) is 22.7 Å². The molecule has 0 aromatic heterocycles. The molecule has 0 aliphatic heterocycles. The van der Waals surface area contributed by atoms with Gasteiger partial charge in [0, 0.05) is 6.04 Å². The van der Waals surface area contributed by atoms with Crippen LogP contribution in [0.25, 0.3) is 0 Å². The molecule has 100 valence electrons. The van der Waals surface area contributed by atoms with E-state index in [2.05, 4.69) is 42.0 Å². The largest absolute Gasteiger partial charge is 0.313 e.